The number of thioether (sulfide) groups is 1. The van der Waals surface area contributed by atoms with Gasteiger partial charge in [-0.2, -0.15) is 0 Å². The first-order chi connectivity index (χ1) is 14.6. The zero-order valence-corrected chi connectivity index (χ0v) is 18.5. The highest BCUT2D eigenvalue weighted by Gasteiger charge is 2.41. The number of ether oxygens (including phenoxy) is 3. The fourth-order valence-electron chi connectivity index (χ4n) is 3.35. The zero-order chi connectivity index (χ0) is 21.5. The highest BCUT2D eigenvalue weighted by atomic mass is 32.2. The SMILES string of the molecule is CCCCOc1ccc([C@@H]2C(C(=O)OCCOC)=C(C)N=C3SCCC(=O)N32)cc1. The van der Waals surface area contributed by atoms with Crippen LogP contribution in [0.25, 0.3) is 0 Å². The van der Waals surface area contributed by atoms with Crippen molar-refractivity contribution in [2.45, 2.75) is 39.2 Å². The van der Waals surface area contributed by atoms with Crippen LogP contribution >= 0.6 is 11.8 Å². The van der Waals surface area contributed by atoms with Crippen molar-refractivity contribution < 1.29 is 23.8 Å². The van der Waals surface area contributed by atoms with Crippen LogP contribution in [0.1, 0.15) is 44.7 Å². The van der Waals surface area contributed by atoms with Crippen molar-refractivity contribution in [3.05, 3.63) is 41.1 Å². The number of carbonyl (C=O) groups excluding carboxylic acids is 2. The van der Waals surface area contributed by atoms with Crippen molar-refractivity contribution in [2.24, 2.45) is 4.99 Å². The maximum atomic E-state index is 12.9. The van der Waals surface area contributed by atoms with E-state index in [-0.39, 0.29) is 12.5 Å². The van der Waals surface area contributed by atoms with Crippen molar-refractivity contribution in [2.75, 3.05) is 32.7 Å². The number of fused-ring (bicyclic) bond motifs is 1. The summed E-state index contributed by atoms with van der Waals surface area (Å²) in [6.45, 7) is 5.01. The number of carbonyl (C=O) groups is 2. The first kappa shape index (κ1) is 22.4. The standard InChI is InChI=1S/C22H28N2O5S/c1-4-5-11-28-17-8-6-16(7-9-17)20-19(21(26)29-13-12-27-3)15(2)23-22-24(20)18(25)10-14-30-22/h6-9,20H,4-5,10-14H2,1-3H3/t20-/m1/s1. The molecule has 30 heavy (non-hydrogen) atoms. The summed E-state index contributed by atoms with van der Waals surface area (Å²) < 4.78 is 16.1. The molecule has 3 rings (SSSR count). The molecule has 8 heteroatoms. The summed E-state index contributed by atoms with van der Waals surface area (Å²) in [4.78, 5) is 31.9. The Kier molecular flexibility index (Phi) is 7.93. The minimum atomic E-state index is -0.572. The number of aliphatic imine (C=N–C) groups is 1. The highest BCUT2D eigenvalue weighted by Crippen LogP contribution is 2.40. The molecule has 2 aliphatic heterocycles. The predicted molar refractivity (Wildman–Crippen MR) is 116 cm³/mol. The number of unbranched alkanes of at least 4 members (excludes halogenated alkanes) is 1. The van der Waals surface area contributed by atoms with Gasteiger partial charge in [-0.05, 0) is 31.0 Å². The Morgan fingerprint density at radius 2 is 2.00 bits per heavy atom. The van der Waals surface area contributed by atoms with E-state index in [0.717, 1.165) is 24.2 Å². The van der Waals surface area contributed by atoms with Crippen molar-refractivity contribution in [1.29, 1.82) is 0 Å². The van der Waals surface area contributed by atoms with E-state index in [4.69, 9.17) is 14.2 Å². The molecule has 7 nitrogen and oxygen atoms in total. The van der Waals surface area contributed by atoms with Gasteiger partial charge in [0.15, 0.2) is 5.17 Å². The minimum absolute atomic E-state index is 0.0459. The quantitative estimate of drug-likeness (QED) is 0.437. The summed E-state index contributed by atoms with van der Waals surface area (Å²) in [6.07, 6.45) is 2.46. The van der Waals surface area contributed by atoms with Crippen molar-refractivity contribution in [3.8, 4) is 5.75 Å². The van der Waals surface area contributed by atoms with Crippen LogP contribution < -0.4 is 4.74 Å². The van der Waals surface area contributed by atoms with E-state index in [1.54, 1.807) is 18.9 Å². The van der Waals surface area contributed by atoms with E-state index in [1.165, 1.54) is 11.8 Å². The average molecular weight is 433 g/mol. The van der Waals surface area contributed by atoms with Crippen LogP contribution in [0.5, 0.6) is 5.75 Å². The third-order valence-corrected chi connectivity index (χ3v) is 5.86. The number of nitrogens with zero attached hydrogens (tertiary/aromatic N) is 2. The smallest absolute Gasteiger partial charge is 0.338 e. The number of hydrogen-bond donors (Lipinski definition) is 0. The maximum absolute atomic E-state index is 12.9. The van der Waals surface area contributed by atoms with E-state index in [2.05, 4.69) is 11.9 Å². The molecule has 0 saturated carbocycles. The molecule has 0 N–H and O–H groups in total. The normalized spacial score (nSPS) is 18.8. The van der Waals surface area contributed by atoms with Crippen LogP contribution in [0.15, 0.2) is 40.5 Å². The van der Waals surface area contributed by atoms with Crippen LogP contribution in [-0.4, -0.2) is 54.6 Å². The van der Waals surface area contributed by atoms with Crippen molar-refractivity contribution >= 4 is 28.8 Å². The molecule has 0 aromatic heterocycles. The summed E-state index contributed by atoms with van der Waals surface area (Å²) in [6, 6.07) is 6.98. The largest absolute Gasteiger partial charge is 0.494 e. The van der Waals surface area contributed by atoms with Gasteiger partial charge in [-0.15, -0.1) is 0 Å². The summed E-state index contributed by atoms with van der Waals surface area (Å²) in [5.74, 6) is 0.923. The Hall–Kier alpha value is -2.32. The monoisotopic (exact) mass is 432 g/mol. The van der Waals surface area contributed by atoms with E-state index < -0.39 is 12.0 Å². The van der Waals surface area contributed by atoms with Gasteiger partial charge in [-0.3, -0.25) is 9.69 Å². The molecule has 0 aliphatic carbocycles. The second-order valence-corrected chi connectivity index (χ2v) is 8.12. The summed E-state index contributed by atoms with van der Waals surface area (Å²) in [5, 5.41) is 0.630. The number of amides is 1. The Morgan fingerprint density at radius 1 is 1.23 bits per heavy atom. The summed E-state index contributed by atoms with van der Waals surface area (Å²) in [7, 11) is 1.55. The Morgan fingerprint density at radius 3 is 2.70 bits per heavy atom. The number of methoxy groups -OCH3 is 1. The van der Waals surface area contributed by atoms with Crippen molar-refractivity contribution in [1.82, 2.24) is 4.90 Å². The van der Waals surface area contributed by atoms with Gasteiger partial charge in [0.1, 0.15) is 12.4 Å². The van der Waals surface area contributed by atoms with E-state index >= 15 is 0 Å². The Labute approximate surface area is 181 Å². The van der Waals surface area contributed by atoms with Gasteiger partial charge in [0.2, 0.25) is 5.91 Å². The first-order valence-corrected chi connectivity index (χ1v) is 11.2. The molecule has 0 radical (unpaired) electrons. The van der Waals surface area contributed by atoms with E-state index in [0.29, 0.717) is 41.8 Å². The van der Waals surface area contributed by atoms with Crippen LogP contribution in [0, 0.1) is 0 Å². The molecule has 1 aromatic rings. The number of rotatable bonds is 9. The average Bonchev–Trinajstić information content (AvgIpc) is 2.74. The Balaban J connectivity index is 1.93. The van der Waals surface area contributed by atoms with Gasteiger partial charge in [0, 0.05) is 19.3 Å². The lowest BCUT2D eigenvalue weighted by Gasteiger charge is -2.38. The van der Waals surface area contributed by atoms with Crippen molar-refractivity contribution in [3.63, 3.8) is 0 Å². The third kappa shape index (κ3) is 5.05. The second kappa shape index (κ2) is 10.6. The topological polar surface area (TPSA) is 77.4 Å². The van der Waals surface area contributed by atoms with Crippen LogP contribution in [0.4, 0.5) is 0 Å². The summed E-state index contributed by atoms with van der Waals surface area (Å²) in [5.41, 5.74) is 1.77. The molecule has 1 saturated heterocycles. The van der Waals surface area contributed by atoms with Crippen LogP contribution in [0.2, 0.25) is 0 Å². The molecular formula is C22H28N2O5S. The molecule has 0 spiro atoms. The van der Waals surface area contributed by atoms with E-state index in [1.807, 2.05) is 24.3 Å². The maximum Gasteiger partial charge on any atom is 0.338 e. The van der Waals surface area contributed by atoms with Crippen LogP contribution in [0.3, 0.4) is 0 Å². The molecule has 0 unspecified atom stereocenters. The second-order valence-electron chi connectivity index (χ2n) is 7.06. The molecule has 162 valence electrons. The Bertz CT molecular complexity index is 834. The van der Waals surface area contributed by atoms with Gasteiger partial charge in [-0.1, -0.05) is 37.2 Å². The number of hydrogen-bond acceptors (Lipinski definition) is 7. The predicted octanol–water partition coefficient (Wildman–Crippen LogP) is 3.71. The number of esters is 1. The number of benzene rings is 1. The molecule has 2 heterocycles. The number of amidine groups is 1. The lowest BCUT2D eigenvalue weighted by atomic mass is 9.94. The van der Waals surface area contributed by atoms with Gasteiger partial charge >= 0.3 is 5.97 Å². The van der Waals surface area contributed by atoms with E-state index in [9.17, 15) is 9.59 Å². The van der Waals surface area contributed by atoms with Gasteiger partial charge < -0.3 is 14.2 Å². The molecule has 1 atom stereocenters. The van der Waals surface area contributed by atoms with Gasteiger partial charge in [0.05, 0.1) is 30.5 Å². The number of allylic oxidation sites excluding steroid dienone is 1. The first-order valence-electron chi connectivity index (χ1n) is 10.2. The summed E-state index contributed by atoms with van der Waals surface area (Å²) >= 11 is 1.53. The molecule has 2 aliphatic rings. The fraction of sp³-hybridized carbons (Fsp3) is 0.500. The van der Waals surface area contributed by atoms with Gasteiger partial charge in [-0.25, -0.2) is 9.79 Å². The zero-order valence-electron chi connectivity index (χ0n) is 17.7. The fourth-order valence-corrected chi connectivity index (χ4v) is 4.36. The molecular weight excluding hydrogens is 404 g/mol. The minimum Gasteiger partial charge on any atom is -0.494 e. The lowest BCUT2D eigenvalue weighted by molar-refractivity contribution is -0.141. The molecule has 1 aromatic carbocycles. The highest BCUT2D eigenvalue weighted by molar-refractivity contribution is 8.14. The lowest BCUT2D eigenvalue weighted by Crippen LogP contribution is -2.45. The molecule has 1 fully saturated rings. The van der Waals surface area contributed by atoms with Gasteiger partial charge in [0.25, 0.3) is 0 Å². The molecule has 1 amide bonds. The van der Waals surface area contributed by atoms with Crippen LogP contribution in [-0.2, 0) is 19.1 Å². The third-order valence-electron chi connectivity index (χ3n) is 4.91. The molecule has 0 bridgehead atoms.